The van der Waals surface area contributed by atoms with Crippen LogP contribution in [0.4, 0.5) is 17.1 Å². The molecule has 0 aromatic heterocycles. The van der Waals surface area contributed by atoms with Gasteiger partial charge in [0.05, 0.1) is 22.3 Å². The van der Waals surface area contributed by atoms with Crippen LogP contribution in [0, 0.1) is 16.0 Å². The maximum atomic E-state index is 13.6. The molecule has 2 fully saturated rings. The summed E-state index contributed by atoms with van der Waals surface area (Å²) in [5.41, 5.74) is 1.08. The molecule has 3 atom stereocenters. The number of para-hydroxylation sites is 1. The molecule has 166 valence electrons. The summed E-state index contributed by atoms with van der Waals surface area (Å²) < 4.78 is 0. The van der Waals surface area contributed by atoms with Crippen molar-refractivity contribution in [1.29, 1.82) is 0 Å². The zero-order chi connectivity index (χ0) is 23.3. The molecule has 0 bridgehead atoms. The van der Waals surface area contributed by atoms with E-state index < -0.39 is 34.8 Å². The van der Waals surface area contributed by atoms with Crippen molar-refractivity contribution in [2.75, 3.05) is 9.96 Å². The summed E-state index contributed by atoms with van der Waals surface area (Å²) in [6.07, 6.45) is -1.12. The Morgan fingerprint density at radius 2 is 1.58 bits per heavy atom. The molecular weight excluding hydrogens is 469 g/mol. The van der Waals surface area contributed by atoms with Gasteiger partial charge in [-0.05, 0) is 42.5 Å². The standard InChI is InChI=1S/C23H15Cl2N3O5/c24-13-6-8-14(9-7-13)26-22(29)19-20(17-12-16(28(31)32)10-11-18(17)25)27(33-21(19)23(26)30)15-4-2-1-3-5-15/h1-12,19-21H/t19-,20-,21-/m0/s1. The molecule has 0 N–H and O–H groups in total. The van der Waals surface area contributed by atoms with Crippen LogP contribution in [0.1, 0.15) is 11.6 Å². The minimum absolute atomic E-state index is 0.183. The number of benzene rings is 3. The van der Waals surface area contributed by atoms with Gasteiger partial charge in [-0.25, -0.2) is 9.96 Å². The van der Waals surface area contributed by atoms with Crippen molar-refractivity contribution in [2.24, 2.45) is 5.92 Å². The van der Waals surface area contributed by atoms with E-state index in [0.717, 1.165) is 4.90 Å². The van der Waals surface area contributed by atoms with Crippen LogP contribution >= 0.6 is 23.2 Å². The number of anilines is 2. The maximum Gasteiger partial charge on any atom is 0.269 e. The molecule has 10 heteroatoms. The highest BCUT2D eigenvalue weighted by Gasteiger charge is 2.60. The Balaban J connectivity index is 1.63. The van der Waals surface area contributed by atoms with Crippen molar-refractivity contribution in [3.63, 3.8) is 0 Å². The van der Waals surface area contributed by atoms with Crippen molar-refractivity contribution in [1.82, 2.24) is 0 Å². The highest BCUT2D eigenvalue weighted by Crippen LogP contribution is 2.49. The number of carbonyl (C=O) groups is 2. The average molecular weight is 484 g/mol. The van der Waals surface area contributed by atoms with Crippen LogP contribution < -0.4 is 9.96 Å². The van der Waals surface area contributed by atoms with Gasteiger partial charge in [0.2, 0.25) is 5.91 Å². The molecular formula is C23H15Cl2N3O5. The second-order valence-electron chi connectivity index (χ2n) is 7.61. The smallest absolute Gasteiger partial charge is 0.269 e. The van der Waals surface area contributed by atoms with E-state index in [4.69, 9.17) is 28.0 Å². The third-order valence-electron chi connectivity index (χ3n) is 5.72. The van der Waals surface area contributed by atoms with E-state index in [1.54, 1.807) is 48.5 Å². The fraction of sp³-hybridized carbons (Fsp3) is 0.130. The molecule has 2 aliphatic heterocycles. The Labute approximate surface area is 198 Å². The Morgan fingerprint density at radius 1 is 0.879 bits per heavy atom. The summed E-state index contributed by atoms with van der Waals surface area (Å²) in [6.45, 7) is 0. The van der Waals surface area contributed by atoms with Gasteiger partial charge in [-0.2, -0.15) is 0 Å². The largest absolute Gasteiger partial charge is 0.273 e. The molecule has 2 amide bonds. The van der Waals surface area contributed by atoms with Gasteiger partial charge in [-0.1, -0.05) is 41.4 Å². The van der Waals surface area contributed by atoms with Crippen LogP contribution in [-0.4, -0.2) is 22.8 Å². The molecule has 3 aromatic carbocycles. The lowest BCUT2D eigenvalue weighted by Gasteiger charge is -2.29. The number of hydrogen-bond acceptors (Lipinski definition) is 6. The van der Waals surface area contributed by atoms with Crippen LogP contribution in [0.5, 0.6) is 0 Å². The number of non-ortho nitro benzene ring substituents is 1. The highest BCUT2D eigenvalue weighted by molar-refractivity contribution is 6.32. The summed E-state index contributed by atoms with van der Waals surface area (Å²) >= 11 is 12.4. The van der Waals surface area contributed by atoms with Crippen LogP contribution in [0.3, 0.4) is 0 Å². The van der Waals surface area contributed by atoms with E-state index in [9.17, 15) is 19.7 Å². The summed E-state index contributed by atoms with van der Waals surface area (Å²) in [6, 6.07) is 18.3. The number of rotatable bonds is 4. The van der Waals surface area contributed by atoms with Crippen molar-refractivity contribution >= 4 is 52.1 Å². The third-order valence-corrected chi connectivity index (χ3v) is 6.32. The van der Waals surface area contributed by atoms with Crippen LogP contribution in [0.15, 0.2) is 72.8 Å². The summed E-state index contributed by atoms with van der Waals surface area (Å²) in [7, 11) is 0. The van der Waals surface area contributed by atoms with Crippen molar-refractivity contribution in [3.05, 3.63) is 98.5 Å². The number of hydroxylamine groups is 1. The second kappa shape index (κ2) is 8.15. The normalized spacial score (nSPS) is 22.1. The Hall–Kier alpha value is -3.46. The van der Waals surface area contributed by atoms with Crippen molar-refractivity contribution in [2.45, 2.75) is 12.1 Å². The zero-order valence-electron chi connectivity index (χ0n) is 16.8. The van der Waals surface area contributed by atoms with Crippen LogP contribution in [-0.2, 0) is 14.4 Å². The van der Waals surface area contributed by atoms with Gasteiger partial charge >= 0.3 is 0 Å². The van der Waals surface area contributed by atoms with Gasteiger partial charge in [0, 0.05) is 27.7 Å². The SMILES string of the molecule is O=C1[C@@H]2[C@H](ON(c3ccccc3)[C@H]2c2cc([N+](=O)[O-])ccc2Cl)C(=O)N1c1ccc(Cl)cc1. The number of imide groups is 1. The Bertz CT molecular complexity index is 1270. The van der Waals surface area contributed by atoms with Gasteiger partial charge in [-0.15, -0.1) is 0 Å². The average Bonchev–Trinajstić information content (AvgIpc) is 3.31. The zero-order valence-corrected chi connectivity index (χ0v) is 18.3. The first-order valence-corrected chi connectivity index (χ1v) is 10.7. The first kappa shape index (κ1) is 21.4. The number of carbonyl (C=O) groups excluding carboxylic acids is 2. The number of nitrogens with zero attached hydrogens (tertiary/aromatic N) is 3. The molecule has 2 aliphatic rings. The minimum Gasteiger partial charge on any atom is -0.273 e. The first-order chi connectivity index (χ1) is 15.9. The number of halogens is 2. The number of nitro groups is 1. The third kappa shape index (κ3) is 3.52. The summed E-state index contributed by atoms with van der Waals surface area (Å²) in [5.74, 6) is -1.98. The summed E-state index contributed by atoms with van der Waals surface area (Å²) in [4.78, 5) is 44.8. The quantitative estimate of drug-likeness (QED) is 0.296. The minimum atomic E-state index is -1.12. The molecule has 2 saturated heterocycles. The van der Waals surface area contributed by atoms with E-state index in [1.165, 1.54) is 23.3 Å². The number of fused-ring (bicyclic) bond motifs is 1. The molecule has 8 nitrogen and oxygen atoms in total. The lowest BCUT2D eigenvalue weighted by molar-refractivity contribution is -0.384. The molecule has 5 rings (SSSR count). The first-order valence-electron chi connectivity index (χ1n) is 9.95. The predicted octanol–water partition coefficient (Wildman–Crippen LogP) is 4.95. The topological polar surface area (TPSA) is 93.0 Å². The second-order valence-corrected chi connectivity index (χ2v) is 8.45. The molecule has 0 unspecified atom stereocenters. The van der Waals surface area contributed by atoms with Gasteiger partial charge in [0.25, 0.3) is 11.6 Å². The molecule has 0 radical (unpaired) electrons. The molecule has 0 aliphatic carbocycles. The number of amides is 2. The van der Waals surface area contributed by atoms with Crippen molar-refractivity contribution in [3.8, 4) is 0 Å². The number of nitro benzene ring substituents is 1. The molecule has 33 heavy (non-hydrogen) atoms. The van der Waals surface area contributed by atoms with Gasteiger partial charge in [-0.3, -0.25) is 24.5 Å². The van der Waals surface area contributed by atoms with Crippen LogP contribution in [0.2, 0.25) is 10.0 Å². The van der Waals surface area contributed by atoms with Gasteiger partial charge in [0.15, 0.2) is 6.10 Å². The van der Waals surface area contributed by atoms with E-state index in [0.29, 0.717) is 22.0 Å². The fourth-order valence-electron chi connectivity index (χ4n) is 4.25. The van der Waals surface area contributed by atoms with Crippen LogP contribution in [0.25, 0.3) is 0 Å². The lowest BCUT2D eigenvalue weighted by Crippen LogP contribution is -2.37. The molecule has 2 heterocycles. The lowest BCUT2D eigenvalue weighted by atomic mass is 9.90. The van der Waals surface area contributed by atoms with E-state index in [-0.39, 0.29) is 10.7 Å². The Kier molecular flexibility index (Phi) is 5.28. The summed E-state index contributed by atoms with van der Waals surface area (Å²) in [5, 5.41) is 13.5. The molecule has 3 aromatic rings. The Morgan fingerprint density at radius 3 is 2.24 bits per heavy atom. The van der Waals surface area contributed by atoms with Gasteiger partial charge in [0.1, 0.15) is 5.92 Å². The van der Waals surface area contributed by atoms with E-state index in [1.807, 2.05) is 6.07 Å². The fourth-order valence-corrected chi connectivity index (χ4v) is 4.60. The maximum absolute atomic E-state index is 13.6. The van der Waals surface area contributed by atoms with E-state index >= 15 is 0 Å². The molecule has 0 saturated carbocycles. The van der Waals surface area contributed by atoms with Crippen molar-refractivity contribution < 1.29 is 19.3 Å². The monoisotopic (exact) mass is 483 g/mol. The predicted molar refractivity (Wildman–Crippen MR) is 122 cm³/mol. The molecule has 0 spiro atoms. The number of hydrogen-bond donors (Lipinski definition) is 0. The van der Waals surface area contributed by atoms with E-state index in [2.05, 4.69) is 0 Å². The van der Waals surface area contributed by atoms with Gasteiger partial charge < -0.3 is 0 Å². The highest BCUT2D eigenvalue weighted by atomic mass is 35.5.